The largest absolute Gasteiger partial charge is 0.369 e. The smallest absolute Gasteiger partial charge is 0.268 e. The number of fused-ring (bicyclic) bond motifs is 1. The molecule has 27 heavy (non-hydrogen) atoms. The van der Waals surface area contributed by atoms with Crippen molar-refractivity contribution in [1.82, 2.24) is 9.40 Å². The van der Waals surface area contributed by atoms with Crippen molar-refractivity contribution < 1.29 is 8.42 Å². The number of para-hydroxylation sites is 1. The summed E-state index contributed by atoms with van der Waals surface area (Å²) < 4.78 is 27.7. The number of aromatic nitrogens is 1. The minimum Gasteiger partial charge on any atom is -0.369 e. The number of nitrogens with one attached hydrogen (secondary N) is 2. The van der Waals surface area contributed by atoms with Crippen LogP contribution in [0.2, 0.25) is 0 Å². The highest BCUT2D eigenvalue weighted by molar-refractivity contribution is 7.90. The van der Waals surface area contributed by atoms with E-state index in [1.54, 1.807) is 42.6 Å². The molecule has 0 radical (unpaired) electrons. The van der Waals surface area contributed by atoms with Gasteiger partial charge in [-0.2, -0.15) is 5.10 Å². The Hall–Kier alpha value is -3.13. The Morgan fingerprint density at radius 2 is 1.78 bits per heavy atom. The molecule has 0 bridgehead atoms. The molecule has 1 aromatic heterocycles. The van der Waals surface area contributed by atoms with Gasteiger partial charge in [-0.05, 0) is 31.0 Å². The number of guanidine groups is 1. The molecule has 0 saturated heterocycles. The van der Waals surface area contributed by atoms with Crippen LogP contribution < -0.4 is 11.2 Å². The van der Waals surface area contributed by atoms with Crippen molar-refractivity contribution in [3.05, 3.63) is 66.4 Å². The van der Waals surface area contributed by atoms with E-state index < -0.39 is 10.0 Å². The molecule has 1 heterocycles. The van der Waals surface area contributed by atoms with Gasteiger partial charge in [0.2, 0.25) is 5.96 Å². The van der Waals surface area contributed by atoms with Crippen molar-refractivity contribution in [2.45, 2.75) is 17.7 Å². The lowest BCUT2D eigenvalue weighted by Gasteiger charge is -2.07. The third-order valence-electron chi connectivity index (χ3n) is 4.51. The van der Waals surface area contributed by atoms with Crippen LogP contribution in [-0.4, -0.2) is 24.1 Å². The number of nitrogens with two attached hydrogens (primary N) is 1. The van der Waals surface area contributed by atoms with Crippen LogP contribution in [0, 0.1) is 11.3 Å². The zero-order chi connectivity index (χ0) is 19.0. The fourth-order valence-electron chi connectivity index (χ4n) is 3.11. The van der Waals surface area contributed by atoms with Gasteiger partial charge in [-0.3, -0.25) is 5.41 Å². The number of benzene rings is 2. The fraction of sp³-hybridized carbons (Fsp3) is 0.158. The number of hydrogen-bond acceptors (Lipinski definition) is 4. The monoisotopic (exact) mass is 381 g/mol. The van der Waals surface area contributed by atoms with Gasteiger partial charge >= 0.3 is 0 Å². The highest BCUT2D eigenvalue weighted by Crippen LogP contribution is 2.36. The Morgan fingerprint density at radius 1 is 1.11 bits per heavy atom. The first kappa shape index (κ1) is 17.3. The Bertz CT molecular complexity index is 1150. The summed E-state index contributed by atoms with van der Waals surface area (Å²) in [4.78, 5) is 0.226. The summed E-state index contributed by atoms with van der Waals surface area (Å²) in [5.41, 5.74) is 9.92. The lowest BCUT2D eigenvalue weighted by molar-refractivity contribution is 0.589. The highest BCUT2D eigenvalue weighted by atomic mass is 32.2. The maximum absolute atomic E-state index is 13.2. The number of rotatable bonds is 5. The zero-order valence-corrected chi connectivity index (χ0v) is 15.3. The Morgan fingerprint density at radius 3 is 2.44 bits per heavy atom. The average Bonchev–Trinajstić information content (AvgIpc) is 3.43. The summed E-state index contributed by atoms with van der Waals surface area (Å²) in [7, 11) is -3.74. The van der Waals surface area contributed by atoms with Crippen LogP contribution in [0.15, 0.2) is 70.8 Å². The van der Waals surface area contributed by atoms with Gasteiger partial charge in [-0.1, -0.05) is 36.4 Å². The molecular formula is C19H19N5O2S. The first-order valence-corrected chi connectivity index (χ1v) is 10.0. The van der Waals surface area contributed by atoms with Crippen LogP contribution in [0.25, 0.3) is 10.9 Å². The van der Waals surface area contributed by atoms with Gasteiger partial charge < -0.3 is 5.73 Å². The molecule has 0 spiro atoms. The maximum atomic E-state index is 13.2. The Balaban J connectivity index is 1.92. The van der Waals surface area contributed by atoms with Crippen molar-refractivity contribution in [2.75, 3.05) is 0 Å². The summed E-state index contributed by atoms with van der Waals surface area (Å²) in [5.74, 6) is -0.0238. The second-order valence-electron chi connectivity index (χ2n) is 6.47. The van der Waals surface area contributed by atoms with Crippen LogP contribution in [0.5, 0.6) is 0 Å². The molecule has 4 N–H and O–H groups in total. The van der Waals surface area contributed by atoms with Crippen molar-refractivity contribution >= 4 is 32.6 Å². The first-order valence-electron chi connectivity index (χ1n) is 8.57. The molecule has 8 heteroatoms. The standard InChI is InChI=1S/C19H19N5O2S/c20-19(21)23-22-18(13-10-11-13)16-12-24(17-9-5-4-8-15(16)17)27(25,26)14-6-2-1-3-7-14/h1-9,12-13H,10-11H2,(H4,20,21,23). The second kappa shape index (κ2) is 6.55. The van der Waals surface area contributed by atoms with Gasteiger partial charge in [0.15, 0.2) is 0 Å². The van der Waals surface area contributed by atoms with Crippen molar-refractivity contribution in [3.8, 4) is 0 Å². The molecule has 0 unspecified atom stereocenters. The lowest BCUT2D eigenvalue weighted by Crippen LogP contribution is -2.27. The number of nitrogens with zero attached hydrogens (tertiary/aromatic N) is 2. The SMILES string of the molecule is N=C(N)NN=C(c1cn(S(=O)(=O)c2ccccc2)c2ccccc12)C1CC1. The van der Waals surface area contributed by atoms with Crippen LogP contribution in [0.4, 0.5) is 0 Å². The van der Waals surface area contributed by atoms with Gasteiger partial charge in [-0.25, -0.2) is 17.8 Å². The Kier molecular flexibility index (Phi) is 4.19. The van der Waals surface area contributed by atoms with E-state index in [9.17, 15) is 8.42 Å². The second-order valence-corrected chi connectivity index (χ2v) is 8.29. The Labute approximate surface area is 157 Å². The van der Waals surface area contributed by atoms with Crippen molar-refractivity contribution in [3.63, 3.8) is 0 Å². The number of hydrazone groups is 1. The maximum Gasteiger partial charge on any atom is 0.268 e. The molecule has 138 valence electrons. The van der Waals surface area contributed by atoms with Gasteiger partial charge in [0.1, 0.15) is 0 Å². The predicted octanol–water partition coefficient (Wildman–Crippen LogP) is 2.48. The molecular weight excluding hydrogens is 362 g/mol. The topological polar surface area (TPSA) is 113 Å². The molecule has 2 aromatic carbocycles. The molecule has 0 aliphatic heterocycles. The van der Waals surface area contributed by atoms with Crippen LogP contribution in [0.3, 0.4) is 0 Å². The molecule has 3 aromatic rings. The third-order valence-corrected chi connectivity index (χ3v) is 6.20. The van der Waals surface area contributed by atoms with E-state index in [0.717, 1.165) is 29.5 Å². The van der Waals surface area contributed by atoms with Crippen LogP contribution in [-0.2, 0) is 10.0 Å². The molecule has 1 fully saturated rings. The summed E-state index contributed by atoms with van der Waals surface area (Å²) in [6, 6.07) is 15.7. The quantitative estimate of drug-likeness (QED) is 0.358. The van der Waals surface area contributed by atoms with Gasteiger partial charge in [0.05, 0.1) is 16.1 Å². The molecule has 1 saturated carbocycles. The molecule has 1 aliphatic rings. The van der Waals surface area contributed by atoms with Gasteiger partial charge in [-0.15, -0.1) is 0 Å². The summed E-state index contributed by atoms with van der Waals surface area (Å²) in [6.45, 7) is 0. The van der Waals surface area contributed by atoms with E-state index >= 15 is 0 Å². The predicted molar refractivity (Wildman–Crippen MR) is 105 cm³/mol. The van der Waals surface area contributed by atoms with Gasteiger partial charge in [0.25, 0.3) is 10.0 Å². The summed E-state index contributed by atoms with van der Waals surface area (Å²) >= 11 is 0. The van der Waals surface area contributed by atoms with E-state index in [0.29, 0.717) is 5.52 Å². The molecule has 0 atom stereocenters. The minimum atomic E-state index is -3.74. The van der Waals surface area contributed by atoms with Gasteiger partial charge in [0, 0.05) is 23.1 Å². The molecule has 4 rings (SSSR count). The average molecular weight is 381 g/mol. The van der Waals surface area contributed by atoms with E-state index in [1.165, 1.54) is 3.97 Å². The number of hydrogen-bond donors (Lipinski definition) is 3. The van der Waals surface area contributed by atoms with Crippen LogP contribution >= 0.6 is 0 Å². The summed E-state index contributed by atoms with van der Waals surface area (Å²) in [5, 5.41) is 12.4. The van der Waals surface area contributed by atoms with E-state index in [-0.39, 0.29) is 16.8 Å². The highest BCUT2D eigenvalue weighted by Gasteiger charge is 2.32. The fourth-order valence-corrected chi connectivity index (χ4v) is 4.50. The normalized spacial score (nSPS) is 15.0. The van der Waals surface area contributed by atoms with E-state index in [4.69, 9.17) is 11.1 Å². The van der Waals surface area contributed by atoms with E-state index in [2.05, 4.69) is 10.5 Å². The van der Waals surface area contributed by atoms with Crippen molar-refractivity contribution in [2.24, 2.45) is 16.8 Å². The van der Waals surface area contributed by atoms with E-state index in [1.807, 2.05) is 18.2 Å². The van der Waals surface area contributed by atoms with Crippen molar-refractivity contribution in [1.29, 1.82) is 5.41 Å². The third kappa shape index (κ3) is 3.19. The molecule has 0 amide bonds. The molecule has 7 nitrogen and oxygen atoms in total. The summed E-state index contributed by atoms with van der Waals surface area (Å²) in [6.07, 6.45) is 3.57. The first-order chi connectivity index (χ1) is 13.0. The molecule has 1 aliphatic carbocycles. The lowest BCUT2D eigenvalue weighted by atomic mass is 10.1. The minimum absolute atomic E-state index is 0.226. The van der Waals surface area contributed by atoms with Crippen LogP contribution in [0.1, 0.15) is 18.4 Å². The zero-order valence-electron chi connectivity index (χ0n) is 14.5.